The van der Waals surface area contributed by atoms with Crippen molar-refractivity contribution < 1.29 is 22.8 Å². The number of likely N-dealkylation sites (N-methyl/N-ethyl adjacent to an activating group) is 1. The van der Waals surface area contributed by atoms with Gasteiger partial charge in [0.05, 0.1) is 11.9 Å². The molecule has 0 radical (unpaired) electrons. The van der Waals surface area contributed by atoms with Crippen molar-refractivity contribution in [1.29, 1.82) is 0 Å². The van der Waals surface area contributed by atoms with Crippen LogP contribution in [0, 0.1) is 6.92 Å². The van der Waals surface area contributed by atoms with Gasteiger partial charge >= 0.3 is 0 Å². The lowest BCUT2D eigenvalue weighted by molar-refractivity contribution is -0.139. The molecule has 0 saturated carbocycles. The molecule has 8 nitrogen and oxygen atoms in total. The largest absolute Gasteiger partial charge is 0.357 e. The van der Waals surface area contributed by atoms with Crippen LogP contribution in [0.4, 0.5) is 5.69 Å². The van der Waals surface area contributed by atoms with Crippen molar-refractivity contribution in [2.24, 2.45) is 0 Å². The molecule has 0 aliphatic rings. The molecule has 0 bridgehead atoms. The number of benzene rings is 2. The summed E-state index contributed by atoms with van der Waals surface area (Å²) >= 11 is 0. The summed E-state index contributed by atoms with van der Waals surface area (Å²) in [7, 11) is -2.37. The van der Waals surface area contributed by atoms with Gasteiger partial charge in [-0.2, -0.15) is 0 Å². The Labute approximate surface area is 189 Å². The van der Waals surface area contributed by atoms with Gasteiger partial charge in [-0.05, 0) is 44.0 Å². The fourth-order valence-corrected chi connectivity index (χ4v) is 4.10. The van der Waals surface area contributed by atoms with Crippen LogP contribution in [0.15, 0.2) is 48.5 Å². The molecule has 0 unspecified atom stereocenters. The topological polar surface area (TPSA) is 104 Å². The highest BCUT2D eigenvalue weighted by molar-refractivity contribution is 7.92. The molecule has 0 spiro atoms. The normalized spacial score (nSPS) is 12.0. The number of rotatable bonds is 9. The number of carbonyl (C=O) groups is 3. The lowest BCUT2D eigenvalue weighted by Gasteiger charge is -2.31. The third kappa shape index (κ3) is 6.16. The monoisotopic (exact) mass is 459 g/mol. The van der Waals surface area contributed by atoms with Gasteiger partial charge in [0.25, 0.3) is 0 Å². The molecule has 0 aliphatic heterocycles. The van der Waals surface area contributed by atoms with E-state index in [1.807, 2.05) is 31.2 Å². The number of aryl methyl sites for hydroxylation is 1. The molecule has 2 aromatic carbocycles. The number of sulfonamides is 1. The summed E-state index contributed by atoms with van der Waals surface area (Å²) in [6.07, 6.45) is 0.995. The third-order valence-electron chi connectivity index (χ3n) is 5.24. The van der Waals surface area contributed by atoms with Gasteiger partial charge in [-0.25, -0.2) is 8.42 Å². The number of hydrogen-bond donors (Lipinski definition) is 1. The summed E-state index contributed by atoms with van der Waals surface area (Å²) in [5.74, 6) is -1.12. The SMILES string of the molecule is CNC(=O)[C@@H](C)N(Cc1ccccc1C)C(=O)CN(c1cccc(C(C)=O)c1)S(C)(=O)=O. The van der Waals surface area contributed by atoms with Crippen LogP contribution in [0.2, 0.25) is 0 Å². The van der Waals surface area contributed by atoms with Crippen LogP contribution in [0.1, 0.15) is 35.3 Å². The van der Waals surface area contributed by atoms with Crippen molar-refractivity contribution in [3.63, 3.8) is 0 Å². The minimum Gasteiger partial charge on any atom is -0.357 e. The molecule has 1 N–H and O–H groups in total. The lowest BCUT2D eigenvalue weighted by atomic mass is 10.1. The second kappa shape index (κ2) is 10.4. The van der Waals surface area contributed by atoms with Crippen molar-refractivity contribution in [2.45, 2.75) is 33.4 Å². The second-order valence-electron chi connectivity index (χ2n) is 7.61. The molecule has 32 heavy (non-hydrogen) atoms. The van der Waals surface area contributed by atoms with Crippen molar-refractivity contribution in [1.82, 2.24) is 10.2 Å². The minimum atomic E-state index is -3.85. The molecule has 0 heterocycles. The fourth-order valence-electron chi connectivity index (χ4n) is 3.26. The van der Waals surface area contributed by atoms with Crippen molar-refractivity contribution in [3.8, 4) is 0 Å². The summed E-state index contributed by atoms with van der Waals surface area (Å²) in [4.78, 5) is 38.8. The number of amides is 2. The highest BCUT2D eigenvalue weighted by Crippen LogP contribution is 2.21. The number of nitrogens with one attached hydrogen (secondary N) is 1. The summed E-state index contributed by atoms with van der Waals surface area (Å²) in [6, 6.07) is 12.7. The molecule has 0 fully saturated rings. The number of ketones is 1. The van der Waals surface area contributed by atoms with Gasteiger partial charge in [-0.15, -0.1) is 0 Å². The van der Waals surface area contributed by atoms with E-state index in [0.29, 0.717) is 5.56 Å². The first-order chi connectivity index (χ1) is 15.0. The Kier molecular flexibility index (Phi) is 8.15. The Morgan fingerprint density at radius 3 is 2.28 bits per heavy atom. The predicted molar refractivity (Wildman–Crippen MR) is 124 cm³/mol. The Hall–Kier alpha value is -3.20. The zero-order chi connectivity index (χ0) is 24.1. The van der Waals surface area contributed by atoms with E-state index in [4.69, 9.17) is 0 Å². The zero-order valence-electron chi connectivity index (χ0n) is 19.0. The average molecular weight is 460 g/mol. The summed E-state index contributed by atoms with van der Waals surface area (Å²) < 4.78 is 26.0. The van der Waals surface area contributed by atoms with E-state index < -0.39 is 28.5 Å². The molecule has 0 aliphatic carbocycles. The maximum absolute atomic E-state index is 13.3. The van der Waals surface area contributed by atoms with Gasteiger partial charge in [-0.1, -0.05) is 36.4 Å². The maximum atomic E-state index is 13.3. The summed E-state index contributed by atoms with van der Waals surface area (Å²) in [5, 5.41) is 2.53. The van der Waals surface area contributed by atoms with Gasteiger partial charge in [-0.3, -0.25) is 18.7 Å². The Morgan fingerprint density at radius 1 is 1.06 bits per heavy atom. The Balaban J connectivity index is 2.43. The molecular formula is C23H29N3O5S. The molecule has 2 amide bonds. The minimum absolute atomic E-state index is 0.144. The number of nitrogens with zero attached hydrogens (tertiary/aromatic N) is 2. The van der Waals surface area contributed by atoms with Crippen LogP contribution in [0.25, 0.3) is 0 Å². The third-order valence-corrected chi connectivity index (χ3v) is 6.38. The quantitative estimate of drug-likeness (QED) is 0.579. The van der Waals surface area contributed by atoms with E-state index in [1.165, 1.54) is 31.0 Å². The highest BCUT2D eigenvalue weighted by atomic mass is 32.2. The Bertz CT molecular complexity index is 1110. The first-order valence-electron chi connectivity index (χ1n) is 10.1. The highest BCUT2D eigenvalue weighted by Gasteiger charge is 2.30. The van der Waals surface area contributed by atoms with Crippen molar-refractivity contribution >= 4 is 33.3 Å². The smallest absolute Gasteiger partial charge is 0.244 e. The van der Waals surface area contributed by atoms with E-state index >= 15 is 0 Å². The van der Waals surface area contributed by atoms with Crippen molar-refractivity contribution in [2.75, 3.05) is 24.2 Å². The number of carbonyl (C=O) groups excluding carboxylic acids is 3. The number of Topliss-reactive ketones (excluding diaryl/α,β-unsaturated/α-hetero) is 1. The van der Waals surface area contributed by atoms with Crippen LogP contribution >= 0.6 is 0 Å². The zero-order valence-corrected chi connectivity index (χ0v) is 19.8. The van der Waals surface area contributed by atoms with E-state index in [1.54, 1.807) is 19.1 Å². The Morgan fingerprint density at radius 2 is 1.72 bits per heavy atom. The maximum Gasteiger partial charge on any atom is 0.244 e. The van der Waals surface area contributed by atoms with Gasteiger partial charge < -0.3 is 10.2 Å². The van der Waals surface area contributed by atoms with Gasteiger partial charge in [0.2, 0.25) is 21.8 Å². The molecule has 2 rings (SSSR count). The van der Waals surface area contributed by atoms with Gasteiger partial charge in [0.15, 0.2) is 5.78 Å². The first kappa shape index (κ1) is 25.1. The van der Waals surface area contributed by atoms with E-state index in [9.17, 15) is 22.8 Å². The van der Waals surface area contributed by atoms with Gasteiger partial charge in [0.1, 0.15) is 12.6 Å². The van der Waals surface area contributed by atoms with Crippen molar-refractivity contribution in [3.05, 3.63) is 65.2 Å². The molecule has 0 aromatic heterocycles. The van der Waals surface area contributed by atoms with Crippen LogP contribution in [0.3, 0.4) is 0 Å². The number of anilines is 1. The molecular weight excluding hydrogens is 430 g/mol. The lowest BCUT2D eigenvalue weighted by Crippen LogP contribution is -2.50. The summed E-state index contributed by atoms with van der Waals surface area (Å²) in [6.45, 7) is 4.51. The average Bonchev–Trinajstić information content (AvgIpc) is 2.74. The van der Waals surface area contributed by atoms with Crippen LogP contribution < -0.4 is 9.62 Å². The molecule has 0 saturated heterocycles. The standard InChI is InChI=1S/C23H29N3O5S/c1-16-9-6-7-10-20(16)14-25(17(2)23(29)24-4)22(28)15-26(32(5,30)31)21-12-8-11-19(13-21)18(3)27/h6-13,17H,14-15H2,1-5H3,(H,24,29)/t17-/m1/s1. The van der Waals surface area contributed by atoms with Crippen LogP contribution in [0.5, 0.6) is 0 Å². The first-order valence-corrected chi connectivity index (χ1v) is 11.9. The predicted octanol–water partition coefficient (Wildman–Crippen LogP) is 2.13. The molecule has 1 atom stereocenters. The van der Waals surface area contributed by atoms with Crippen LogP contribution in [-0.4, -0.2) is 56.8 Å². The fraction of sp³-hybridized carbons (Fsp3) is 0.348. The molecule has 9 heteroatoms. The van der Waals surface area contributed by atoms with Gasteiger partial charge in [0, 0.05) is 19.2 Å². The van der Waals surface area contributed by atoms with E-state index in [0.717, 1.165) is 21.7 Å². The van der Waals surface area contributed by atoms with E-state index in [-0.39, 0.29) is 23.9 Å². The summed E-state index contributed by atoms with van der Waals surface area (Å²) in [5.41, 5.74) is 2.33. The number of hydrogen-bond acceptors (Lipinski definition) is 5. The van der Waals surface area contributed by atoms with E-state index in [2.05, 4.69) is 5.32 Å². The molecule has 172 valence electrons. The second-order valence-corrected chi connectivity index (χ2v) is 9.52. The van der Waals surface area contributed by atoms with Crippen LogP contribution in [-0.2, 0) is 26.2 Å². The molecule has 2 aromatic rings.